The second-order valence-electron chi connectivity index (χ2n) is 4.06. The molecule has 0 aliphatic heterocycles. The van der Waals surface area contributed by atoms with Crippen LogP contribution < -0.4 is 4.74 Å². The second kappa shape index (κ2) is 6.00. The first-order valence-corrected chi connectivity index (χ1v) is 5.95. The maximum Gasteiger partial charge on any atom is 0.337 e. The van der Waals surface area contributed by atoms with Gasteiger partial charge in [0.2, 0.25) is 0 Å². The molecule has 2 rings (SSSR count). The third-order valence-corrected chi connectivity index (χ3v) is 2.76. The summed E-state index contributed by atoms with van der Waals surface area (Å²) in [4.78, 5) is 15.3. The van der Waals surface area contributed by atoms with Crippen molar-refractivity contribution in [3.05, 3.63) is 59.9 Å². The van der Waals surface area contributed by atoms with Crippen LogP contribution in [-0.4, -0.2) is 18.1 Å². The van der Waals surface area contributed by atoms with E-state index in [1.54, 1.807) is 36.7 Å². The van der Waals surface area contributed by atoms with Crippen molar-refractivity contribution in [3.63, 3.8) is 0 Å². The third-order valence-electron chi connectivity index (χ3n) is 2.76. The number of pyridine rings is 1. The lowest BCUT2D eigenvalue weighted by atomic mass is 10.1. The maximum atomic E-state index is 11.3. The average Bonchev–Trinajstić information content (AvgIpc) is 2.47. The number of rotatable bonds is 4. The molecule has 0 fully saturated rings. The summed E-state index contributed by atoms with van der Waals surface area (Å²) in [6, 6.07) is 10.8. The Hall–Kier alpha value is -2.36. The van der Waals surface area contributed by atoms with Crippen LogP contribution in [0.3, 0.4) is 0 Å². The van der Waals surface area contributed by atoms with Crippen LogP contribution in [0.4, 0.5) is 0 Å². The fraction of sp³-hybridized carbons (Fsp3) is 0.200. The maximum absolute atomic E-state index is 11.3. The molecular formula is C15H15NO3. The van der Waals surface area contributed by atoms with Crippen LogP contribution in [0.2, 0.25) is 0 Å². The van der Waals surface area contributed by atoms with Gasteiger partial charge in [0.05, 0.1) is 12.7 Å². The first-order chi connectivity index (χ1) is 9.20. The minimum absolute atomic E-state index is 0.103. The highest BCUT2D eigenvalue weighted by Gasteiger charge is 2.09. The molecule has 98 valence electrons. The van der Waals surface area contributed by atoms with Crippen molar-refractivity contribution < 1.29 is 14.3 Å². The van der Waals surface area contributed by atoms with Gasteiger partial charge < -0.3 is 9.47 Å². The van der Waals surface area contributed by atoms with Gasteiger partial charge in [-0.3, -0.25) is 4.98 Å². The van der Waals surface area contributed by atoms with Gasteiger partial charge in [-0.1, -0.05) is 12.1 Å². The molecule has 4 heteroatoms. The number of carbonyl (C=O) groups is 1. The lowest BCUT2D eigenvalue weighted by molar-refractivity contribution is 0.0600. The van der Waals surface area contributed by atoms with E-state index in [1.165, 1.54) is 7.11 Å². The lowest BCUT2D eigenvalue weighted by Gasteiger charge is -2.15. The summed E-state index contributed by atoms with van der Waals surface area (Å²) < 4.78 is 10.4. The summed E-state index contributed by atoms with van der Waals surface area (Å²) in [5, 5.41) is 0. The van der Waals surface area contributed by atoms with E-state index in [4.69, 9.17) is 4.74 Å². The molecule has 0 radical (unpaired) electrons. The highest BCUT2D eigenvalue weighted by atomic mass is 16.5. The second-order valence-corrected chi connectivity index (χ2v) is 4.06. The van der Waals surface area contributed by atoms with Crippen molar-refractivity contribution in [2.75, 3.05) is 7.11 Å². The number of ether oxygens (including phenoxy) is 2. The molecule has 1 aromatic heterocycles. The van der Waals surface area contributed by atoms with Crippen LogP contribution in [0, 0.1) is 0 Å². The number of hydrogen-bond acceptors (Lipinski definition) is 4. The van der Waals surface area contributed by atoms with E-state index in [0.717, 1.165) is 11.3 Å². The molecule has 0 aliphatic carbocycles. The van der Waals surface area contributed by atoms with Crippen molar-refractivity contribution in [1.82, 2.24) is 4.98 Å². The molecule has 0 amide bonds. The summed E-state index contributed by atoms with van der Waals surface area (Å²) in [7, 11) is 1.37. The van der Waals surface area contributed by atoms with E-state index in [-0.39, 0.29) is 12.1 Å². The minimum atomic E-state index is -0.339. The van der Waals surface area contributed by atoms with Gasteiger partial charge in [0.25, 0.3) is 0 Å². The molecule has 0 saturated carbocycles. The molecule has 1 aromatic carbocycles. The Morgan fingerprint density at radius 2 is 1.74 bits per heavy atom. The number of aromatic nitrogens is 1. The van der Waals surface area contributed by atoms with E-state index in [2.05, 4.69) is 9.72 Å². The van der Waals surface area contributed by atoms with Crippen LogP contribution in [0.15, 0.2) is 48.8 Å². The molecule has 0 aliphatic rings. The van der Waals surface area contributed by atoms with Crippen LogP contribution in [0.1, 0.15) is 28.9 Å². The van der Waals surface area contributed by atoms with Crippen LogP contribution in [0.25, 0.3) is 0 Å². The van der Waals surface area contributed by atoms with Crippen molar-refractivity contribution in [1.29, 1.82) is 0 Å². The first kappa shape index (κ1) is 13.1. The van der Waals surface area contributed by atoms with E-state index in [9.17, 15) is 4.79 Å². The van der Waals surface area contributed by atoms with Gasteiger partial charge in [-0.05, 0) is 36.8 Å². The summed E-state index contributed by atoms with van der Waals surface area (Å²) >= 11 is 0. The Balaban J connectivity index is 2.07. The zero-order valence-electron chi connectivity index (χ0n) is 10.9. The van der Waals surface area contributed by atoms with Crippen LogP contribution >= 0.6 is 0 Å². The van der Waals surface area contributed by atoms with E-state index >= 15 is 0 Å². The molecule has 0 spiro atoms. The van der Waals surface area contributed by atoms with E-state index in [1.807, 2.05) is 19.1 Å². The number of esters is 1. The van der Waals surface area contributed by atoms with E-state index < -0.39 is 0 Å². The molecule has 0 saturated heterocycles. The van der Waals surface area contributed by atoms with Gasteiger partial charge in [0.15, 0.2) is 0 Å². The summed E-state index contributed by atoms with van der Waals surface area (Å²) in [5.41, 5.74) is 1.52. The lowest BCUT2D eigenvalue weighted by Crippen LogP contribution is -2.05. The molecule has 2 aromatic rings. The smallest absolute Gasteiger partial charge is 0.337 e. The van der Waals surface area contributed by atoms with Gasteiger partial charge in [-0.15, -0.1) is 0 Å². The van der Waals surface area contributed by atoms with E-state index in [0.29, 0.717) is 5.56 Å². The van der Waals surface area contributed by atoms with Gasteiger partial charge in [0.1, 0.15) is 11.9 Å². The Kier molecular flexibility index (Phi) is 4.13. The monoisotopic (exact) mass is 257 g/mol. The normalized spacial score (nSPS) is 11.7. The molecule has 1 atom stereocenters. The Bertz CT molecular complexity index is 537. The predicted octanol–water partition coefficient (Wildman–Crippen LogP) is 3.01. The highest BCUT2D eigenvalue weighted by molar-refractivity contribution is 5.89. The Labute approximate surface area is 112 Å². The van der Waals surface area contributed by atoms with Gasteiger partial charge in [-0.2, -0.15) is 0 Å². The molecule has 1 unspecified atom stereocenters. The van der Waals surface area contributed by atoms with Gasteiger partial charge in [-0.25, -0.2) is 4.79 Å². The molecule has 19 heavy (non-hydrogen) atoms. The summed E-state index contributed by atoms with van der Waals surface area (Å²) in [6.45, 7) is 1.95. The third kappa shape index (κ3) is 3.31. The highest BCUT2D eigenvalue weighted by Crippen LogP contribution is 2.21. The Morgan fingerprint density at radius 1 is 1.11 bits per heavy atom. The number of carbonyl (C=O) groups excluding carboxylic acids is 1. The van der Waals surface area contributed by atoms with Crippen LogP contribution in [-0.2, 0) is 4.74 Å². The first-order valence-electron chi connectivity index (χ1n) is 5.95. The Morgan fingerprint density at radius 3 is 2.32 bits per heavy atom. The zero-order chi connectivity index (χ0) is 13.7. The van der Waals surface area contributed by atoms with Crippen molar-refractivity contribution in [2.45, 2.75) is 13.0 Å². The minimum Gasteiger partial charge on any atom is -0.486 e. The fourth-order valence-electron chi connectivity index (χ4n) is 1.70. The number of nitrogens with zero attached hydrogens (tertiary/aromatic N) is 1. The number of benzene rings is 1. The topological polar surface area (TPSA) is 48.4 Å². The van der Waals surface area contributed by atoms with Gasteiger partial charge >= 0.3 is 5.97 Å². The van der Waals surface area contributed by atoms with Gasteiger partial charge in [0, 0.05) is 12.4 Å². The molecular weight excluding hydrogens is 242 g/mol. The number of hydrogen-bond donors (Lipinski definition) is 0. The van der Waals surface area contributed by atoms with Crippen LogP contribution in [0.5, 0.6) is 5.75 Å². The van der Waals surface area contributed by atoms with Crippen molar-refractivity contribution in [2.24, 2.45) is 0 Å². The zero-order valence-corrected chi connectivity index (χ0v) is 10.9. The van der Waals surface area contributed by atoms with Crippen molar-refractivity contribution in [3.8, 4) is 5.75 Å². The van der Waals surface area contributed by atoms with Crippen molar-refractivity contribution >= 4 is 5.97 Å². The fourth-order valence-corrected chi connectivity index (χ4v) is 1.70. The predicted molar refractivity (Wildman–Crippen MR) is 71.1 cm³/mol. The largest absolute Gasteiger partial charge is 0.486 e. The molecule has 4 nitrogen and oxygen atoms in total. The molecule has 0 N–H and O–H groups in total. The SMILES string of the molecule is COC(=O)c1ccc(C(C)Oc2ccncc2)cc1. The molecule has 1 heterocycles. The summed E-state index contributed by atoms with van der Waals surface area (Å²) in [5.74, 6) is 0.425. The number of methoxy groups -OCH3 is 1. The standard InChI is InChI=1S/C15H15NO3/c1-11(19-14-7-9-16-10-8-14)12-3-5-13(6-4-12)15(17)18-2/h3-11H,1-2H3. The average molecular weight is 257 g/mol. The summed E-state index contributed by atoms with van der Waals surface area (Å²) in [6.07, 6.45) is 3.26. The quantitative estimate of drug-likeness (QED) is 0.790. The molecule has 0 bridgehead atoms.